The largest absolute Gasteiger partial charge is 0.475 e. The van der Waals surface area contributed by atoms with Crippen LogP contribution in [-0.2, 0) is 17.9 Å². The Bertz CT molecular complexity index is 983. The van der Waals surface area contributed by atoms with Gasteiger partial charge < -0.3 is 10.1 Å². The van der Waals surface area contributed by atoms with E-state index in [-0.39, 0.29) is 24.0 Å². The first-order valence-electron chi connectivity index (χ1n) is 7.77. The Morgan fingerprint density at radius 2 is 2.19 bits per heavy atom. The van der Waals surface area contributed by atoms with Gasteiger partial charge in [-0.15, -0.1) is 5.10 Å². The lowest BCUT2D eigenvalue weighted by atomic mass is 10.2. The molecule has 2 heterocycles. The molecule has 0 spiro atoms. The fraction of sp³-hybridized carbons (Fsp3) is 0.188. The number of rotatable bonds is 7. The molecule has 27 heavy (non-hydrogen) atoms. The van der Waals surface area contributed by atoms with E-state index < -0.39 is 4.92 Å². The van der Waals surface area contributed by atoms with Gasteiger partial charge in [0.25, 0.3) is 0 Å². The summed E-state index contributed by atoms with van der Waals surface area (Å²) in [6, 6.07) is 7.24. The molecule has 0 aliphatic carbocycles. The molecule has 0 saturated heterocycles. The van der Waals surface area contributed by atoms with Crippen LogP contribution in [0.15, 0.2) is 42.9 Å². The average molecular weight is 391 g/mol. The predicted octanol–water partition coefficient (Wildman–Crippen LogP) is 2.34. The summed E-state index contributed by atoms with van der Waals surface area (Å²) < 4.78 is 7.67. The molecule has 10 nitrogen and oxygen atoms in total. The smallest absolute Gasteiger partial charge is 0.350 e. The summed E-state index contributed by atoms with van der Waals surface area (Å²) in [7, 11) is 1.28. The number of benzene rings is 1. The Labute approximate surface area is 158 Å². The predicted molar refractivity (Wildman–Crippen MR) is 96.8 cm³/mol. The van der Waals surface area contributed by atoms with Crippen LogP contribution in [0.2, 0.25) is 5.02 Å². The van der Waals surface area contributed by atoms with E-state index in [4.69, 9.17) is 16.3 Å². The number of methoxy groups -OCH3 is 1. The van der Waals surface area contributed by atoms with Crippen molar-refractivity contribution in [2.24, 2.45) is 0 Å². The monoisotopic (exact) mass is 390 g/mol. The first kappa shape index (κ1) is 18.4. The molecule has 0 atom stereocenters. The fourth-order valence-corrected chi connectivity index (χ4v) is 2.61. The number of anilines is 1. The number of hydrogen-bond acceptors (Lipinski definition) is 6. The van der Waals surface area contributed by atoms with Crippen molar-refractivity contribution in [3.8, 4) is 5.88 Å². The third-order valence-electron chi connectivity index (χ3n) is 3.56. The summed E-state index contributed by atoms with van der Waals surface area (Å²) in [6.45, 7) is 0.308. The Balaban J connectivity index is 1.66. The van der Waals surface area contributed by atoms with Gasteiger partial charge in [0.2, 0.25) is 5.91 Å². The minimum absolute atomic E-state index is 0.146. The maximum Gasteiger partial charge on any atom is 0.350 e. The van der Waals surface area contributed by atoms with Crippen LogP contribution in [0, 0.1) is 10.1 Å². The average Bonchev–Trinajstić information content (AvgIpc) is 3.21. The van der Waals surface area contributed by atoms with E-state index in [2.05, 4.69) is 15.5 Å². The van der Waals surface area contributed by atoms with Crippen LogP contribution < -0.4 is 10.1 Å². The molecule has 0 bridgehead atoms. The standard InChI is InChI=1S/C16H15ClN6O4/c1-27-16-14(23(25)26)9-22(20-16)10-15(24)19-13-4-2-3-11(5-13)7-21-8-12(17)6-18-21/h2-6,8-9H,7,10H2,1H3,(H,19,24). The van der Waals surface area contributed by atoms with E-state index in [1.54, 1.807) is 35.3 Å². The lowest BCUT2D eigenvalue weighted by Crippen LogP contribution is -2.19. The molecule has 140 valence electrons. The van der Waals surface area contributed by atoms with E-state index in [9.17, 15) is 14.9 Å². The van der Waals surface area contributed by atoms with Gasteiger partial charge in [0.15, 0.2) is 0 Å². The van der Waals surface area contributed by atoms with Crippen molar-refractivity contribution in [1.82, 2.24) is 19.6 Å². The lowest BCUT2D eigenvalue weighted by molar-refractivity contribution is -0.385. The minimum atomic E-state index is -0.620. The molecule has 11 heteroatoms. The van der Waals surface area contributed by atoms with Crippen molar-refractivity contribution in [1.29, 1.82) is 0 Å². The summed E-state index contributed by atoms with van der Waals surface area (Å²) in [6.07, 6.45) is 4.39. The third kappa shape index (κ3) is 4.61. The number of hydrogen-bond donors (Lipinski definition) is 1. The molecular formula is C16H15ClN6O4. The fourth-order valence-electron chi connectivity index (χ4n) is 2.45. The highest BCUT2D eigenvalue weighted by molar-refractivity contribution is 6.30. The van der Waals surface area contributed by atoms with Gasteiger partial charge >= 0.3 is 11.6 Å². The maximum absolute atomic E-state index is 12.2. The SMILES string of the molecule is COc1nn(CC(=O)Nc2cccc(Cn3cc(Cl)cn3)c2)cc1[N+](=O)[O-]. The van der Waals surface area contributed by atoms with E-state index in [1.807, 2.05) is 6.07 Å². The quantitative estimate of drug-likeness (QED) is 0.488. The molecule has 1 aromatic carbocycles. The van der Waals surface area contributed by atoms with Crippen LogP contribution in [0.1, 0.15) is 5.56 Å². The lowest BCUT2D eigenvalue weighted by Gasteiger charge is -2.08. The van der Waals surface area contributed by atoms with E-state index in [0.29, 0.717) is 17.3 Å². The van der Waals surface area contributed by atoms with Crippen molar-refractivity contribution in [3.05, 3.63) is 63.6 Å². The molecule has 0 aliphatic heterocycles. The maximum atomic E-state index is 12.2. The number of nitrogens with zero attached hydrogens (tertiary/aromatic N) is 5. The molecule has 1 amide bonds. The summed E-state index contributed by atoms with van der Waals surface area (Å²) in [4.78, 5) is 22.5. The summed E-state index contributed by atoms with van der Waals surface area (Å²) >= 11 is 5.85. The zero-order valence-corrected chi connectivity index (χ0v) is 15.0. The number of carbonyl (C=O) groups is 1. The molecule has 3 rings (SSSR count). The topological polar surface area (TPSA) is 117 Å². The first-order chi connectivity index (χ1) is 12.9. The molecule has 0 fully saturated rings. The number of amides is 1. The van der Waals surface area contributed by atoms with Gasteiger partial charge in [-0.25, -0.2) is 0 Å². The second-order valence-electron chi connectivity index (χ2n) is 5.58. The van der Waals surface area contributed by atoms with Gasteiger partial charge in [0.1, 0.15) is 12.7 Å². The number of aromatic nitrogens is 4. The molecule has 1 N–H and O–H groups in total. The zero-order chi connectivity index (χ0) is 19.4. The number of ether oxygens (including phenoxy) is 1. The summed E-state index contributed by atoms with van der Waals surface area (Å²) in [5.74, 6) is -0.526. The molecule has 2 aromatic heterocycles. The Morgan fingerprint density at radius 3 is 2.81 bits per heavy atom. The second-order valence-corrected chi connectivity index (χ2v) is 6.02. The highest BCUT2D eigenvalue weighted by Crippen LogP contribution is 2.23. The molecule has 0 unspecified atom stereocenters. The highest BCUT2D eigenvalue weighted by Gasteiger charge is 2.21. The van der Waals surface area contributed by atoms with Crippen LogP contribution in [0.5, 0.6) is 5.88 Å². The molecule has 0 saturated carbocycles. The van der Waals surface area contributed by atoms with E-state index in [1.165, 1.54) is 7.11 Å². The number of nitro groups is 1. The second kappa shape index (κ2) is 7.87. The van der Waals surface area contributed by atoms with Crippen molar-refractivity contribution in [2.75, 3.05) is 12.4 Å². The van der Waals surface area contributed by atoms with Crippen LogP contribution in [0.3, 0.4) is 0 Å². The molecule has 0 aliphatic rings. The Kier molecular flexibility index (Phi) is 5.36. The third-order valence-corrected chi connectivity index (χ3v) is 3.76. The van der Waals surface area contributed by atoms with E-state index >= 15 is 0 Å². The van der Waals surface area contributed by atoms with Gasteiger partial charge in [-0.3, -0.25) is 24.3 Å². The van der Waals surface area contributed by atoms with Crippen LogP contribution in [0.25, 0.3) is 0 Å². The molecule has 0 radical (unpaired) electrons. The minimum Gasteiger partial charge on any atom is -0.475 e. The zero-order valence-electron chi connectivity index (χ0n) is 14.2. The van der Waals surface area contributed by atoms with Crippen molar-refractivity contribution < 1.29 is 14.5 Å². The Hall–Kier alpha value is -3.40. The van der Waals surface area contributed by atoms with Gasteiger partial charge in [-0.05, 0) is 17.7 Å². The van der Waals surface area contributed by atoms with Crippen LogP contribution in [0.4, 0.5) is 11.4 Å². The van der Waals surface area contributed by atoms with Gasteiger partial charge in [-0.1, -0.05) is 23.7 Å². The number of halogens is 1. The normalized spacial score (nSPS) is 10.6. The van der Waals surface area contributed by atoms with Gasteiger partial charge in [0.05, 0.1) is 29.8 Å². The van der Waals surface area contributed by atoms with Gasteiger partial charge in [0, 0.05) is 11.9 Å². The number of carbonyl (C=O) groups excluding carboxylic acids is 1. The summed E-state index contributed by atoms with van der Waals surface area (Å²) in [5, 5.41) is 22.2. The van der Waals surface area contributed by atoms with Crippen molar-refractivity contribution in [2.45, 2.75) is 13.1 Å². The number of nitrogens with one attached hydrogen (secondary N) is 1. The first-order valence-corrected chi connectivity index (χ1v) is 8.15. The highest BCUT2D eigenvalue weighted by atomic mass is 35.5. The summed E-state index contributed by atoms with van der Waals surface area (Å²) in [5.41, 5.74) is 1.21. The van der Waals surface area contributed by atoms with Crippen molar-refractivity contribution >= 4 is 28.9 Å². The molecular weight excluding hydrogens is 376 g/mol. The van der Waals surface area contributed by atoms with E-state index in [0.717, 1.165) is 16.4 Å². The van der Waals surface area contributed by atoms with Crippen LogP contribution in [-0.4, -0.2) is 37.5 Å². The Morgan fingerprint density at radius 1 is 1.37 bits per heavy atom. The molecule has 3 aromatic rings. The van der Waals surface area contributed by atoms with Gasteiger partial charge in [-0.2, -0.15) is 5.10 Å². The van der Waals surface area contributed by atoms with Crippen molar-refractivity contribution in [3.63, 3.8) is 0 Å². The van der Waals surface area contributed by atoms with Crippen LogP contribution >= 0.6 is 11.6 Å².